The number of cyclic esters (lactones) is 1. The number of allylic oxidation sites excluding steroid dienone is 1. The summed E-state index contributed by atoms with van der Waals surface area (Å²) >= 11 is 0. The van der Waals surface area contributed by atoms with Crippen LogP contribution < -0.4 is 0 Å². The third-order valence-electron chi connectivity index (χ3n) is 2.35. The first-order valence-corrected chi connectivity index (χ1v) is 5.10. The zero-order valence-electron chi connectivity index (χ0n) is 8.82. The van der Waals surface area contributed by atoms with Gasteiger partial charge in [0.25, 0.3) is 0 Å². The van der Waals surface area contributed by atoms with Gasteiger partial charge < -0.3 is 9.84 Å². The van der Waals surface area contributed by atoms with Crippen molar-refractivity contribution in [1.82, 2.24) is 0 Å². The molecule has 2 unspecified atom stereocenters. The van der Waals surface area contributed by atoms with Crippen LogP contribution in [-0.2, 0) is 9.53 Å². The molecule has 2 atom stereocenters. The molecule has 0 amide bonds. The maximum Gasteiger partial charge on any atom is 0.306 e. The van der Waals surface area contributed by atoms with Crippen molar-refractivity contribution in [1.29, 1.82) is 0 Å². The van der Waals surface area contributed by atoms with Gasteiger partial charge in [0.2, 0.25) is 0 Å². The summed E-state index contributed by atoms with van der Waals surface area (Å²) in [7, 11) is 0. The van der Waals surface area contributed by atoms with Gasteiger partial charge in [-0.05, 0) is 33.1 Å². The van der Waals surface area contributed by atoms with E-state index in [1.807, 2.05) is 19.9 Å². The van der Waals surface area contributed by atoms with Crippen LogP contribution in [0.1, 0.15) is 39.5 Å². The smallest absolute Gasteiger partial charge is 0.306 e. The molecule has 0 radical (unpaired) electrons. The van der Waals surface area contributed by atoms with E-state index in [0.29, 0.717) is 12.8 Å². The first-order valence-electron chi connectivity index (χ1n) is 5.10. The Morgan fingerprint density at radius 3 is 3.00 bits per heavy atom. The van der Waals surface area contributed by atoms with Crippen molar-refractivity contribution in [2.75, 3.05) is 0 Å². The Balaban J connectivity index is 2.39. The van der Waals surface area contributed by atoms with Crippen molar-refractivity contribution in [3.8, 4) is 0 Å². The second-order valence-electron chi connectivity index (χ2n) is 4.01. The van der Waals surface area contributed by atoms with Crippen molar-refractivity contribution in [2.45, 2.75) is 51.7 Å². The minimum atomic E-state index is -0.547. The van der Waals surface area contributed by atoms with Crippen molar-refractivity contribution in [3.63, 3.8) is 0 Å². The number of carbonyl (C=O) groups excluding carboxylic acids is 1. The number of hydrogen-bond acceptors (Lipinski definition) is 3. The average molecular weight is 198 g/mol. The minimum Gasteiger partial charge on any atom is -0.460 e. The summed E-state index contributed by atoms with van der Waals surface area (Å²) in [5.41, 5.74) is 1.17. The molecule has 1 fully saturated rings. The van der Waals surface area contributed by atoms with Gasteiger partial charge in [-0.15, -0.1) is 0 Å². The van der Waals surface area contributed by atoms with E-state index in [1.54, 1.807) is 0 Å². The standard InChI is InChI=1S/C11H18O3/c1-8(2)6-7-9(12)10-4-3-5-11(13)14-10/h6,9-10,12H,3-5,7H2,1-2H3. The molecule has 1 rings (SSSR count). The molecule has 0 saturated carbocycles. The summed E-state index contributed by atoms with van der Waals surface area (Å²) in [6.45, 7) is 3.97. The summed E-state index contributed by atoms with van der Waals surface area (Å²) in [5.74, 6) is -0.183. The highest BCUT2D eigenvalue weighted by molar-refractivity contribution is 5.70. The molecule has 0 aromatic carbocycles. The molecular weight excluding hydrogens is 180 g/mol. The summed E-state index contributed by atoms with van der Waals surface area (Å²) in [6.07, 6.45) is 3.79. The Bertz CT molecular complexity index is 229. The molecule has 0 aromatic rings. The maximum atomic E-state index is 11.0. The van der Waals surface area contributed by atoms with E-state index in [0.717, 1.165) is 12.8 Å². The first-order chi connectivity index (χ1) is 6.59. The molecule has 0 aliphatic carbocycles. The Morgan fingerprint density at radius 2 is 2.43 bits per heavy atom. The number of ether oxygens (including phenoxy) is 1. The fourth-order valence-corrected chi connectivity index (χ4v) is 1.51. The SMILES string of the molecule is CC(C)=CCC(O)C1CCCC(=O)O1. The molecule has 80 valence electrons. The van der Waals surface area contributed by atoms with Crippen LogP contribution in [0.4, 0.5) is 0 Å². The summed E-state index contributed by atoms with van der Waals surface area (Å²) in [4.78, 5) is 11.0. The van der Waals surface area contributed by atoms with Crippen LogP contribution in [0.25, 0.3) is 0 Å². The highest BCUT2D eigenvalue weighted by Crippen LogP contribution is 2.19. The zero-order valence-corrected chi connectivity index (χ0v) is 8.82. The van der Waals surface area contributed by atoms with Crippen LogP contribution in [0.2, 0.25) is 0 Å². The van der Waals surface area contributed by atoms with Crippen LogP contribution in [0.5, 0.6) is 0 Å². The molecule has 1 saturated heterocycles. The topological polar surface area (TPSA) is 46.5 Å². The quantitative estimate of drug-likeness (QED) is 0.555. The van der Waals surface area contributed by atoms with Gasteiger partial charge in [-0.1, -0.05) is 11.6 Å². The summed E-state index contributed by atoms with van der Waals surface area (Å²) < 4.78 is 5.06. The van der Waals surface area contributed by atoms with Gasteiger partial charge in [-0.25, -0.2) is 0 Å². The summed E-state index contributed by atoms with van der Waals surface area (Å²) in [6, 6.07) is 0. The van der Waals surface area contributed by atoms with Crippen LogP contribution in [-0.4, -0.2) is 23.3 Å². The number of esters is 1. The number of hydrogen-bond donors (Lipinski definition) is 1. The highest BCUT2D eigenvalue weighted by atomic mass is 16.6. The lowest BCUT2D eigenvalue weighted by molar-refractivity contribution is -0.160. The molecule has 3 nitrogen and oxygen atoms in total. The van der Waals surface area contributed by atoms with Gasteiger partial charge in [0.05, 0.1) is 6.10 Å². The minimum absolute atomic E-state index is 0.183. The van der Waals surface area contributed by atoms with Gasteiger partial charge in [-0.2, -0.15) is 0 Å². The normalized spacial score (nSPS) is 23.9. The second kappa shape index (κ2) is 5.15. The molecule has 1 N–H and O–H groups in total. The molecule has 0 aromatic heterocycles. The maximum absolute atomic E-state index is 11.0. The van der Waals surface area contributed by atoms with Crippen LogP contribution in [0.3, 0.4) is 0 Å². The van der Waals surface area contributed by atoms with Crippen molar-refractivity contribution >= 4 is 5.97 Å². The van der Waals surface area contributed by atoms with E-state index in [-0.39, 0.29) is 12.1 Å². The van der Waals surface area contributed by atoms with E-state index >= 15 is 0 Å². The fourth-order valence-electron chi connectivity index (χ4n) is 1.51. The third-order valence-corrected chi connectivity index (χ3v) is 2.35. The van der Waals surface area contributed by atoms with E-state index in [1.165, 1.54) is 5.57 Å². The van der Waals surface area contributed by atoms with Crippen molar-refractivity contribution in [2.24, 2.45) is 0 Å². The lowest BCUT2D eigenvalue weighted by Gasteiger charge is -2.26. The van der Waals surface area contributed by atoms with E-state index < -0.39 is 6.10 Å². The van der Waals surface area contributed by atoms with Crippen molar-refractivity contribution in [3.05, 3.63) is 11.6 Å². The van der Waals surface area contributed by atoms with Crippen molar-refractivity contribution < 1.29 is 14.6 Å². The number of aliphatic hydroxyl groups excluding tert-OH is 1. The van der Waals surface area contributed by atoms with Gasteiger partial charge in [0, 0.05) is 6.42 Å². The third kappa shape index (κ3) is 3.50. The van der Waals surface area contributed by atoms with E-state index in [9.17, 15) is 9.90 Å². The lowest BCUT2D eigenvalue weighted by atomic mass is 10.0. The monoisotopic (exact) mass is 198 g/mol. The second-order valence-corrected chi connectivity index (χ2v) is 4.01. The number of rotatable bonds is 3. The largest absolute Gasteiger partial charge is 0.460 e. The van der Waals surface area contributed by atoms with Gasteiger partial charge in [0.15, 0.2) is 0 Å². The Morgan fingerprint density at radius 1 is 1.71 bits per heavy atom. The zero-order chi connectivity index (χ0) is 10.6. The predicted molar refractivity (Wildman–Crippen MR) is 53.8 cm³/mol. The summed E-state index contributed by atoms with van der Waals surface area (Å²) in [5, 5.41) is 9.72. The fraction of sp³-hybridized carbons (Fsp3) is 0.727. The Hall–Kier alpha value is -0.830. The van der Waals surface area contributed by atoms with Crippen LogP contribution in [0, 0.1) is 0 Å². The Kier molecular flexibility index (Phi) is 4.14. The number of aliphatic hydroxyl groups is 1. The molecular formula is C11H18O3. The molecule has 14 heavy (non-hydrogen) atoms. The lowest BCUT2D eigenvalue weighted by Crippen LogP contribution is -2.34. The van der Waals surface area contributed by atoms with E-state index in [4.69, 9.17) is 4.74 Å². The average Bonchev–Trinajstić information content (AvgIpc) is 2.14. The van der Waals surface area contributed by atoms with Crippen LogP contribution >= 0.6 is 0 Å². The molecule has 0 spiro atoms. The van der Waals surface area contributed by atoms with Gasteiger partial charge in [-0.3, -0.25) is 4.79 Å². The van der Waals surface area contributed by atoms with Gasteiger partial charge >= 0.3 is 5.97 Å². The molecule has 0 bridgehead atoms. The molecule has 3 heteroatoms. The molecule has 1 aliphatic heterocycles. The predicted octanol–water partition coefficient (Wildman–Crippen LogP) is 1.80. The first kappa shape index (κ1) is 11.2. The molecule has 1 aliphatic rings. The highest BCUT2D eigenvalue weighted by Gasteiger charge is 2.26. The number of carbonyl (C=O) groups is 1. The molecule has 1 heterocycles. The van der Waals surface area contributed by atoms with Gasteiger partial charge in [0.1, 0.15) is 6.10 Å². The Labute approximate surface area is 84.8 Å². The van der Waals surface area contributed by atoms with Crippen LogP contribution in [0.15, 0.2) is 11.6 Å². The van der Waals surface area contributed by atoms with E-state index in [2.05, 4.69) is 0 Å².